The van der Waals surface area contributed by atoms with Crippen LogP contribution in [0.1, 0.15) is 13.3 Å². The van der Waals surface area contributed by atoms with Crippen LogP contribution in [0.4, 0.5) is 0 Å². The van der Waals surface area contributed by atoms with Gasteiger partial charge in [-0.15, -0.1) is 0 Å². The second-order valence-corrected chi connectivity index (χ2v) is 6.10. The zero-order chi connectivity index (χ0) is 18.8. The highest BCUT2D eigenvalue weighted by molar-refractivity contribution is 6.32. The first-order chi connectivity index (χ1) is 13.2. The van der Waals surface area contributed by atoms with Gasteiger partial charge in [-0.3, -0.25) is 0 Å². The molecular weight excluding hydrogens is 370 g/mol. The first-order valence-electron chi connectivity index (χ1n) is 8.33. The number of halogens is 1. The van der Waals surface area contributed by atoms with Crippen LogP contribution in [0.2, 0.25) is 5.02 Å². The minimum absolute atomic E-state index is 0.267. The van der Waals surface area contributed by atoms with E-state index in [2.05, 4.69) is 20.1 Å². The largest absolute Gasteiger partial charge is 0.493 e. The summed E-state index contributed by atoms with van der Waals surface area (Å²) in [5.74, 6) is 1.63. The van der Waals surface area contributed by atoms with Crippen LogP contribution in [0.25, 0.3) is 28.6 Å². The van der Waals surface area contributed by atoms with E-state index >= 15 is 0 Å². The average Bonchev–Trinajstić information content (AvgIpc) is 3.35. The fraction of sp³-hybridized carbons (Fsp3) is 0.222. The topological polar surface area (TPSA) is 87.6 Å². The summed E-state index contributed by atoms with van der Waals surface area (Å²) in [6, 6.07) is 3.47. The fourth-order valence-electron chi connectivity index (χ4n) is 2.64. The SMILES string of the molecule is CCCOc1c(Cl)cc(-c2noc(-c3nccn4ccnc34)n2)cc1OC. The molecule has 1 aromatic carbocycles. The number of ether oxygens (including phenoxy) is 2. The van der Waals surface area contributed by atoms with Crippen LogP contribution in [0.15, 0.2) is 41.4 Å². The van der Waals surface area contributed by atoms with Gasteiger partial charge in [-0.2, -0.15) is 4.98 Å². The second-order valence-electron chi connectivity index (χ2n) is 5.70. The molecule has 0 aliphatic heterocycles. The third-order valence-corrected chi connectivity index (χ3v) is 4.16. The third-order valence-electron chi connectivity index (χ3n) is 3.88. The Kier molecular flexibility index (Phi) is 4.64. The molecule has 4 rings (SSSR count). The molecule has 0 spiro atoms. The van der Waals surface area contributed by atoms with E-state index in [4.69, 9.17) is 25.6 Å². The number of fused-ring (bicyclic) bond motifs is 1. The van der Waals surface area contributed by atoms with Crippen molar-refractivity contribution in [3.8, 4) is 34.5 Å². The van der Waals surface area contributed by atoms with Gasteiger partial charge in [0, 0.05) is 30.4 Å². The molecule has 0 atom stereocenters. The molecule has 27 heavy (non-hydrogen) atoms. The van der Waals surface area contributed by atoms with E-state index in [0.29, 0.717) is 45.9 Å². The lowest BCUT2D eigenvalue weighted by atomic mass is 10.2. The van der Waals surface area contributed by atoms with Crippen molar-refractivity contribution in [1.82, 2.24) is 24.5 Å². The van der Waals surface area contributed by atoms with Crippen molar-refractivity contribution in [3.63, 3.8) is 0 Å². The van der Waals surface area contributed by atoms with Crippen LogP contribution in [-0.2, 0) is 0 Å². The summed E-state index contributed by atoms with van der Waals surface area (Å²) in [6.45, 7) is 2.56. The summed E-state index contributed by atoms with van der Waals surface area (Å²) in [5, 5.41) is 4.46. The van der Waals surface area contributed by atoms with Gasteiger partial charge in [0.25, 0.3) is 5.89 Å². The molecule has 3 heterocycles. The molecule has 0 saturated heterocycles. The zero-order valence-electron chi connectivity index (χ0n) is 14.7. The van der Waals surface area contributed by atoms with Crippen LogP contribution in [0, 0.1) is 0 Å². The molecule has 4 aromatic rings. The van der Waals surface area contributed by atoms with Crippen molar-refractivity contribution in [2.45, 2.75) is 13.3 Å². The quantitative estimate of drug-likeness (QED) is 0.497. The number of rotatable bonds is 6. The van der Waals surface area contributed by atoms with Crippen molar-refractivity contribution in [2.24, 2.45) is 0 Å². The number of benzene rings is 1. The zero-order valence-corrected chi connectivity index (χ0v) is 15.5. The Bertz CT molecular complexity index is 1090. The highest BCUT2D eigenvalue weighted by Gasteiger charge is 2.19. The van der Waals surface area contributed by atoms with E-state index < -0.39 is 0 Å². The van der Waals surface area contributed by atoms with Crippen molar-refractivity contribution < 1.29 is 14.0 Å². The Labute approximate surface area is 159 Å². The fourth-order valence-corrected chi connectivity index (χ4v) is 2.90. The van der Waals surface area contributed by atoms with E-state index in [-0.39, 0.29) is 5.89 Å². The van der Waals surface area contributed by atoms with Crippen LogP contribution >= 0.6 is 11.6 Å². The molecule has 0 bridgehead atoms. The molecule has 0 saturated carbocycles. The first kappa shape index (κ1) is 17.3. The lowest BCUT2D eigenvalue weighted by molar-refractivity contribution is 0.294. The molecule has 3 aromatic heterocycles. The van der Waals surface area contributed by atoms with Crippen LogP contribution in [0.3, 0.4) is 0 Å². The van der Waals surface area contributed by atoms with E-state index in [1.165, 1.54) is 0 Å². The van der Waals surface area contributed by atoms with E-state index in [1.54, 1.807) is 37.8 Å². The minimum Gasteiger partial charge on any atom is -0.493 e. The molecule has 0 N–H and O–H groups in total. The summed E-state index contributed by atoms with van der Waals surface area (Å²) in [6.07, 6.45) is 7.80. The monoisotopic (exact) mass is 385 g/mol. The number of nitrogens with zero attached hydrogens (tertiary/aromatic N) is 5. The standard InChI is InChI=1S/C18H16ClN5O3/c1-3-8-26-15-12(19)9-11(10-13(15)25-2)16-22-18(27-23-16)14-17-21-5-7-24(17)6-4-20-14/h4-7,9-10H,3,8H2,1-2H3. The molecule has 0 unspecified atom stereocenters. The molecule has 0 aliphatic carbocycles. The van der Waals surface area contributed by atoms with Crippen molar-refractivity contribution in [2.75, 3.05) is 13.7 Å². The van der Waals surface area contributed by atoms with E-state index in [9.17, 15) is 0 Å². The van der Waals surface area contributed by atoms with Gasteiger partial charge in [0.1, 0.15) is 0 Å². The van der Waals surface area contributed by atoms with Crippen LogP contribution in [-0.4, -0.2) is 38.2 Å². The summed E-state index contributed by atoms with van der Waals surface area (Å²) >= 11 is 6.37. The lowest BCUT2D eigenvalue weighted by Gasteiger charge is -2.12. The van der Waals surface area contributed by atoms with E-state index in [1.807, 2.05) is 17.5 Å². The summed E-state index contributed by atoms with van der Waals surface area (Å²) in [4.78, 5) is 13.0. The van der Waals surface area contributed by atoms with Gasteiger partial charge in [-0.05, 0) is 18.6 Å². The highest BCUT2D eigenvalue weighted by Crippen LogP contribution is 2.39. The maximum atomic E-state index is 6.37. The van der Waals surface area contributed by atoms with Crippen molar-refractivity contribution >= 4 is 17.2 Å². The summed E-state index contributed by atoms with van der Waals surface area (Å²) < 4.78 is 18.3. The number of methoxy groups -OCH3 is 1. The molecule has 0 fully saturated rings. The van der Waals surface area contributed by atoms with Gasteiger partial charge in [0.2, 0.25) is 5.82 Å². The average molecular weight is 386 g/mol. The number of hydrogen-bond donors (Lipinski definition) is 0. The Hall–Kier alpha value is -3.13. The van der Waals surface area contributed by atoms with Gasteiger partial charge in [-0.25, -0.2) is 9.97 Å². The van der Waals surface area contributed by atoms with Gasteiger partial charge in [0.05, 0.1) is 18.7 Å². The highest BCUT2D eigenvalue weighted by atomic mass is 35.5. The number of aromatic nitrogens is 5. The first-order valence-corrected chi connectivity index (χ1v) is 8.71. The van der Waals surface area contributed by atoms with Gasteiger partial charge < -0.3 is 18.4 Å². The van der Waals surface area contributed by atoms with Gasteiger partial charge in [0.15, 0.2) is 22.8 Å². The molecule has 0 aliphatic rings. The van der Waals surface area contributed by atoms with Crippen LogP contribution in [0.5, 0.6) is 11.5 Å². The Morgan fingerprint density at radius 3 is 2.78 bits per heavy atom. The molecule has 0 radical (unpaired) electrons. The summed E-state index contributed by atoms with van der Waals surface area (Å²) in [5.41, 5.74) is 1.78. The molecule has 0 amide bonds. The van der Waals surface area contributed by atoms with Crippen molar-refractivity contribution in [1.29, 1.82) is 0 Å². The smallest absolute Gasteiger partial charge is 0.280 e. The molecule has 9 heteroatoms. The second kappa shape index (κ2) is 7.24. The Morgan fingerprint density at radius 2 is 2.00 bits per heavy atom. The predicted octanol–water partition coefficient (Wildman–Crippen LogP) is 3.90. The third kappa shape index (κ3) is 3.19. The van der Waals surface area contributed by atoms with E-state index in [0.717, 1.165) is 6.42 Å². The molecule has 138 valence electrons. The number of hydrogen-bond acceptors (Lipinski definition) is 7. The van der Waals surface area contributed by atoms with Crippen LogP contribution < -0.4 is 9.47 Å². The maximum Gasteiger partial charge on any atom is 0.280 e. The Balaban J connectivity index is 1.73. The Morgan fingerprint density at radius 1 is 1.19 bits per heavy atom. The maximum absolute atomic E-state index is 6.37. The predicted molar refractivity (Wildman–Crippen MR) is 99.1 cm³/mol. The van der Waals surface area contributed by atoms with Crippen molar-refractivity contribution in [3.05, 3.63) is 41.9 Å². The molecule has 8 nitrogen and oxygen atoms in total. The number of imidazole rings is 1. The minimum atomic E-state index is 0.267. The lowest BCUT2D eigenvalue weighted by Crippen LogP contribution is -1.99. The normalized spacial score (nSPS) is 11.1. The summed E-state index contributed by atoms with van der Waals surface area (Å²) in [7, 11) is 1.55. The van der Waals surface area contributed by atoms with Gasteiger partial charge in [-0.1, -0.05) is 23.7 Å². The van der Waals surface area contributed by atoms with Gasteiger partial charge >= 0.3 is 0 Å². The molecular formula is C18H16ClN5O3.